The quantitative estimate of drug-likeness (QED) is 0.770. The summed E-state index contributed by atoms with van der Waals surface area (Å²) < 4.78 is 6.06. The average molecular weight is 245 g/mol. The van der Waals surface area contributed by atoms with Crippen LogP contribution in [-0.2, 0) is 4.74 Å². The maximum absolute atomic E-state index is 10.6. The van der Waals surface area contributed by atoms with Gasteiger partial charge in [-0.15, -0.1) is 0 Å². The van der Waals surface area contributed by atoms with Gasteiger partial charge < -0.3 is 14.7 Å². The summed E-state index contributed by atoms with van der Waals surface area (Å²) in [5, 5.41) is 10.6. The minimum Gasteiger partial charge on any atom is -0.388 e. The highest BCUT2D eigenvalue weighted by molar-refractivity contribution is 5.00. The van der Waals surface area contributed by atoms with Crippen molar-refractivity contribution in [3.8, 4) is 0 Å². The van der Waals surface area contributed by atoms with Gasteiger partial charge >= 0.3 is 0 Å². The molecule has 0 radical (unpaired) electrons. The minimum atomic E-state index is -0.681. The molecule has 17 heavy (non-hydrogen) atoms. The van der Waals surface area contributed by atoms with Crippen molar-refractivity contribution in [3.63, 3.8) is 0 Å². The van der Waals surface area contributed by atoms with E-state index in [2.05, 4.69) is 32.6 Å². The fraction of sp³-hybridized carbons (Fsp3) is 1.00. The smallest absolute Gasteiger partial charge is 0.0824 e. The Hall–Kier alpha value is -0.120. The lowest BCUT2D eigenvalue weighted by Crippen LogP contribution is -2.62. The van der Waals surface area contributed by atoms with Crippen molar-refractivity contribution in [2.24, 2.45) is 5.41 Å². The lowest BCUT2D eigenvalue weighted by Gasteiger charge is -2.50. The van der Waals surface area contributed by atoms with Crippen molar-refractivity contribution in [2.75, 3.05) is 14.1 Å². The molecular formula is C14H31NO2. The number of likely N-dealkylation sites (N-methyl/N-ethyl adjacent to an activating group) is 1. The van der Waals surface area contributed by atoms with Gasteiger partial charge in [-0.1, -0.05) is 28.2 Å². The normalized spacial score (nSPS) is 39.0. The molecule has 0 bridgehead atoms. The molecule has 0 amide bonds. The summed E-state index contributed by atoms with van der Waals surface area (Å²) in [6.07, 6.45) is 0.876. The van der Waals surface area contributed by atoms with Crippen LogP contribution in [0.2, 0.25) is 0 Å². The summed E-state index contributed by atoms with van der Waals surface area (Å²) in [6.45, 7) is 10.5. The molecule has 3 nitrogen and oxygen atoms in total. The van der Waals surface area contributed by atoms with Crippen molar-refractivity contribution in [2.45, 2.75) is 72.3 Å². The zero-order valence-electron chi connectivity index (χ0n) is 11.7. The third-order valence-corrected chi connectivity index (χ3v) is 3.58. The van der Waals surface area contributed by atoms with Crippen LogP contribution in [-0.4, -0.2) is 48.0 Å². The highest BCUT2D eigenvalue weighted by Gasteiger charge is 2.47. The van der Waals surface area contributed by atoms with Gasteiger partial charge in [0.25, 0.3) is 0 Å². The predicted molar refractivity (Wildman–Crippen MR) is 73.2 cm³/mol. The Balaban J connectivity index is 0.00000256. The van der Waals surface area contributed by atoms with Crippen LogP contribution in [0.25, 0.3) is 0 Å². The first-order chi connectivity index (χ1) is 7.05. The molecular weight excluding hydrogens is 214 g/mol. The van der Waals surface area contributed by atoms with Crippen LogP contribution in [0.5, 0.6) is 0 Å². The molecule has 104 valence electrons. The van der Waals surface area contributed by atoms with Gasteiger partial charge in [-0.25, -0.2) is 0 Å². The SMILES string of the molecule is C.CC1OC(C(C)(C)C)CC(C)(O)C1N(C)C. The van der Waals surface area contributed by atoms with E-state index in [1.54, 1.807) is 0 Å². The Kier molecular flexibility index (Phi) is 5.21. The van der Waals surface area contributed by atoms with Gasteiger partial charge in [0.15, 0.2) is 0 Å². The van der Waals surface area contributed by atoms with E-state index in [0.29, 0.717) is 6.42 Å². The summed E-state index contributed by atoms with van der Waals surface area (Å²) in [6, 6.07) is 0.0612. The Bertz CT molecular complexity index is 243. The Labute approximate surface area is 107 Å². The number of hydrogen-bond acceptors (Lipinski definition) is 3. The number of ether oxygens (including phenoxy) is 1. The fourth-order valence-corrected chi connectivity index (χ4v) is 2.87. The maximum atomic E-state index is 10.6. The van der Waals surface area contributed by atoms with Crippen LogP contribution in [0, 0.1) is 5.41 Å². The zero-order chi connectivity index (χ0) is 12.7. The number of nitrogens with zero attached hydrogens (tertiary/aromatic N) is 1. The molecule has 1 saturated heterocycles. The van der Waals surface area contributed by atoms with Gasteiger partial charge in [-0.2, -0.15) is 0 Å². The zero-order valence-corrected chi connectivity index (χ0v) is 11.7. The molecule has 3 heteroatoms. The first-order valence-corrected chi connectivity index (χ1v) is 6.10. The van der Waals surface area contributed by atoms with Gasteiger partial charge in [0.1, 0.15) is 0 Å². The first kappa shape index (κ1) is 16.9. The third-order valence-electron chi connectivity index (χ3n) is 3.58. The van der Waals surface area contributed by atoms with E-state index >= 15 is 0 Å². The van der Waals surface area contributed by atoms with Crippen LogP contribution in [0.3, 0.4) is 0 Å². The predicted octanol–water partition coefficient (Wildman–Crippen LogP) is 2.53. The fourth-order valence-electron chi connectivity index (χ4n) is 2.87. The molecule has 0 aromatic heterocycles. The Morgan fingerprint density at radius 2 is 1.76 bits per heavy atom. The highest BCUT2D eigenvalue weighted by atomic mass is 16.5. The van der Waals surface area contributed by atoms with Crippen molar-refractivity contribution in [3.05, 3.63) is 0 Å². The van der Waals surface area contributed by atoms with E-state index in [1.807, 2.05) is 21.0 Å². The van der Waals surface area contributed by atoms with Crippen molar-refractivity contribution in [1.29, 1.82) is 0 Å². The molecule has 1 aliphatic rings. The second kappa shape index (κ2) is 5.25. The van der Waals surface area contributed by atoms with Crippen LogP contribution in [0.4, 0.5) is 0 Å². The number of aliphatic hydroxyl groups is 1. The molecule has 0 aliphatic carbocycles. The molecule has 0 aromatic carbocycles. The van der Waals surface area contributed by atoms with E-state index < -0.39 is 5.60 Å². The van der Waals surface area contributed by atoms with Crippen LogP contribution < -0.4 is 0 Å². The molecule has 1 N–H and O–H groups in total. The molecule has 4 atom stereocenters. The van der Waals surface area contributed by atoms with Crippen molar-refractivity contribution < 1.29 is 9.84 Å². The number of rotatable bonds is 1. The molecule has 0 saturated carbocycles. The van der Waals surface area contributed by atoms with Gasteiger partial charge in [0, 0.05) is 6.42 Å². The molecule has 1 rings (SSSR count). The highest BCUT2D eigenvalue weighted by Crippen LogP contribution is 2.38. The third kappa shape index (κ3) is 3.67. The Morgan fingerprint density at radius 1 is 1.29 bits per heavy atom. The van der Waals surface area contributed by atoms with E-state index in [-0.39, 0.29) is 31.1 Å². The molecule has 1 fully saturated rings. The van der Waals surface area contributed by atoms with E-state index in [4.69, 9.17) is 4.74 Å². The van der Waals surface area contributed by atoms with Crippen molar-refractivity contribution in [1.82, 2.24) is 4.90 Å². The summed E-state index contributed by atoms with van der Waals surface area (Å²) in [5.41, 5.74) is -0.603. The molecule has 0 spiro atoms. The van der Waals surface area contributed by atoms with Crippen molar-refractivity contribution >= 4 is 0 Å². The van der Waals surface area contributed by atoms with Crippen LogP contribution in [0.15, 0.2) is 0 Å². The monoisotopic (exact) mass is 245 g/mol. The average Bonchev–Trinajstić information content (AvgIpc) is 1.97. The van der Waals surface area contributed by atoms with Crippen LogP contribution in [0.1, 0.15) is 48.5 Å². The first-order valence-electron chi connectivity index (χ1n) is 6.10. The van der Waals surface area contributed by atoms with Gasteiger partial charge in [0.05, 0.1) is 23.9 Å². The summed E-state index contributed by atoms with van der Waals surface area (Å²) in [5.74, 6) is 0. The summed E-state index contributed by atoms with van der Waals surface area (Å²) in [4.78, 5) is 2.06. The van der Waals surface area contributed by atoms with Gasteiger partial charge in [-0.3, -0.25) is 0 Å². The van der Waals surface area contributed by atoms with Crippen LogP contribution >= 0.6 is 0 Å². The lowest BCUT2D eigenvalue weighted by atomic mass is 9.75. The maximum Gasteiger partial charge on any atom is 0.0824 e. The molecule has 1 heterocycles. The second-order valence-corrected chi connectivity index (χ2v) is 6.67. The molecule has 4 unspecified atom stereocenters. The number of hydrogen-bond donors (Lipinski definition) is 1. The summed E-state index contributed by atoms with van der Waals surface area (Å²) >= 11 is 0. The minimum absolute atomic E-state index is 0. The molecule has 1 aliphatic heterocycles. The largest absolute Gasteiger partial charge is 0.388 e. The summed E-state index contributed by atoms with van der Waals surface area (Å²) in [7, 11) is 3.99. The standard InChI is InChI=1S/C13H27NO2.CH4/c1-9-11(14(6)7)13(5,15)8-10(16-9)12(2,3)4;/h9-11,15H,8H2,1-7H3;1H4. The van der Waals surface area contributed by atoms with E-state index in [9.17, 15) is 5.11 Å². The van der Waals surface area contributed by atoms with E-state index in [1.165, 1.54) is 0 Å². The molecule has 0 aromatic rings. The van der Waals surface area contributed by atoms with Gasteiger partial charge in [0.2, 0.25) is 0 Å². The van der Waals surface area contributed by atoms with Gasteiger partial charge in [-0.05, 0) is 33.4 Å². The van der Waals surface area contributed by atoms with E-state index in [0.717, 1.165) is 0 Å². The second-order valence-electron chi connectivity index (χ2n) is 6.67. The lowest BCUT2D eigenvalue weighted by molar-refractivity contribution is -0.199. The Morgan fingerprint density at radius 3 is 2.06 bits per heavy atom. The topological polar surface area (TPSA) is 32.7 Å².